The van der Waals surface area contributed by atoms with Gasteiger partial charge in [-0.3, -0.25) is 4.79 Å². The molecule has 31 heavy (non-hydrogen) atoms. The maximum absolute atomic E-state index is 12.9. The third kappa shape index (κ3) is 4.40. The Morgan fingerprint density at radius 1 is 1.29 bits per heavy atom. The fourth-order valence-corrected chi connectivity index (χ4v) is 4.07. The molecule has 2 aromatic heterocycles. The summed E-state index contributed by atoms with van der Waals surface area (Å²) >= 11 is 0. The van der Waals surface area contributed by atoms with E-state index in [1.54, 1.807) is 14.2 Å². The summed E-state index contributed by atoms with van der Waals surface area (Å²) in [4.78, 5) is 23.6. The minimum Gasteiger partial charge on any atom is -0.497 e. The predicted octanol–water partition coefficient (Wildman–Crippen LogP) is 2.52. The number of ether oxygens (including phenoxy) is 2. The van der Waals surface area contributed by atoms with E-state index in [1.807, 2.05) is 25.1 Å². The van der Waals surface area contributed by atoms with Crippen LogP contribution in [0.15, 0.2) is 29.0 Å². The number of hydrogen-bond donors (Lipinski definition) is 1. The van der Waals surface area contributed by atoms with Crippen LogP contribution in [0, 0.1) is 12.8 Å². The predicted molar refractivity (Wildman–Crippen MR) is 116 cm³/mol. The van der Waals surface area contributed by atoms with Crippen molar-refractivity contribution < 1.29 is 18.8 Å². The number of benzene rings is 1. The highest BCUT2D eigenvalue weighted by molar-refractivity contribution is 5.88. The van der Waals surface area contributed by atoms with E-state index in [0.717, 1.165) is 53.3 Å². The third-order valence-electron chi connectivity index (χ3n) is 5.70. The van der Waals surface area contributed by atoms with Gasteiger partial charge in [0.1, 0.15) is 29.0 Å². The summed E-state index contributed by atoms with van der Waals surface area (Å²) < 4.78 is 16.0. The Morgan fingerprint density at radius 3 is 2.97 bits per heavy atom. The molecule has 164 valence electrons. The number of piperidine rings is 1. The van der Waals surface area contributed by atoms with Crippen LogP contribution in [0.1, 0.15) is 24.1 Å². The van der Waals surface area contributed by atoms with Crippen LogP contribution in [-0.4, -0.2) is 54.9 Å². The molecule has 0 spiro atoms. The summed E-state index contributed by atoms with van der Waals surface area (Å²) in [7, 11) is 3.27. The molecule has 1 fully saturated rings. The monoisotopic (exact) mass is 425 g/mol. The first-order valence-corrected chi connectivity index (χ1v) is 10.4. The Morgan fingerprint density at radius 2 is 2.16 bits per heavy atom. The maximum Gasteiger partial charge on any atom is 0.263 e. The summed E-state index contributed by atoms with van der Waals surface area (Å²) in [6, 6.07) is 5.68. The first kappa shape index (κ1) is 20.9. The molecule has 3 aromatic rings. The van der Waals surface area contributed by atoms with Gasteiger partial charge in [-0.15, -0.1) is 0 Å². The van der Waals surface area contributed by atoms with Gasteiger partial charge in [-0.05, 0) is 49.9 Å². The van der Waals surface area contributed by atoms with Gasteiger partial charge < -0.3 is 24.2 Å². The van der Waals surface area contributed by atoms with Gasteiger partial charge in [-0.25, -0.2) is 4.98 Å². The lowest BCUT2D eigenvalue weighted by Gasteiger charge is -2.33. The number of nitrogens with one attached hydrogen (secondary N) is 1. The normalized spacial score (nSPS) is 16.4. The second-order valence-corrected chi connectivity index (χ2v) is 7.65. The fourth-order valence-electron chi connectivity index (χ4n) is 4.07. The molecule has 9 heteroatoms. The molecule has 1 saturated heterocycles. The second-order valence-electron chi connectivity index (χ2n) is 7.65. The summed E-state index contributed by atoms with van der Waals surface area (Å²) in [5.41, 5.74) is 2.23. The van der Waals surface area contributed by atoms with E-state index in [0.29, 0.717) is 25.2 Å². The highest BCUT2D eigenvalue weighted by atomic mass is 16.5. The van der Waals surface area contributed by atoms with Crippen molar-refractivity contribution in [2.45, 2.75) is 26.2 Å². The largest absolute Gasteiger partial charge is 0.497 e. The van der Waals surface area contributed by atoms with E-state index in [9.17, 15) is 4.79 Å². The molecule has 1 aliphatic rings. The number of anilines is 1. The van der Waals surface area contributed by atoms with Gasteiger partial charge in [0, 0.05) is 19.6 Å². The molecule has 1 atom stereocenters. The number of fused-ring (bicyclic) bond motifs is 1. The van der Waals surface area contributed by atoms with Gasteiger partial charge in [-0.1, -0.05) is 5.16 Å². The molecule has 1 aromatic carbocycles. The zero-order chi connectivity index (χ0) is 21.8. The van der Waals surface area contributed by atoms with Crippen molar-refractivity contribution in [3.8, 4) is 11.5 Å². The summed E-state index contributed by atoms with van der Waals surface area (Å²) in [6.07, 6.45) is 3.90. The number of rotatable bonds is 7. The van der Waals surface area contributed by atoms with E-state index in [1.165, 1.54) is 6.33 Å². The quantitative estimate of drug-likeness (QED) is 0.616. The Kier molecular flexibility index (Phi) is 6.20. The summed E-state index contributed by atoms with van der Waals surface area (Å²) in [6.45, 7) is 3.84. The van der Waals surface area contributed by atoms with Crippen LogP contribution in [-0.2, 0) is 11.2 Å². The lowest BCUT2D eigenvalue weighted by Crippen LogP contribution is -2.44. The van der Waals surface area contributed by atoms with E-state index in [4.69, 9.17) is 14.0 Å². The minimum absolute atomic E-state index is 0.0545. The van der Waals surface area contributed by atoms with Gasteiger partial charge in [0.15, 0.2) is 0 Å². The third-order valence-corrected chi connectivity index (χ3v) is 5.70. The Balaban J connectivity index is 1.39. The van der Waals surface area contributed by atoms with Crippen LogP contribution >= 0.6 is 0 Å². The van der Waals surface area contributed by atoms with Gasteiger partial charge >= 0.3 is 0 Å². The first-order valence-electron chi connectivity index (χ1n) is 10.4. The topological polar surface area (TPSA) is 103 Å². The van der Waals surface area contributed by atoms with E-state index < -0.39 is 0 Å². The van der Waals surface area contributed by atoms with Crippen molar-refractivity contribution in [1.29, 1.82) is 0 Å². The smallest absolute Gasteiger partial charge is 0.263 e. The van der Waals surface area contributed by atoms with E-state index in [2.05, 4.69) is 25.3 Å². The number of carbonyl (C=O) groups is 1. The molecule has 0 aliphatic carbocycles. The molecule has 3 heterocycles. The van der Waals surface area contributed by atoms with Crippen molar-refractivity contribution in [2.24, 2.45) is 5.92 Å². The molecule has 4 rings (SSSR count). The van der Waals surface area contributed by atoms with Crippen LogP contribution in [0.25, 0.3) is 11.1 Å². The number of aryl methyl sites for hydroxylation is 1. The highest BCUT2D eigenvalue weighted by Crippen LogP contribution is 2.29. The standard InChI is InChI=1S/C22H27N5O4/c1-14-19-20(24-13-25-22(19)31-26-14)27-10-4-5-16(12-27)21(28)23-9-8-15-11-17(29-2)6-7-18(15)30-3/h6-7,11,13,16H,4-5,8-10,12H2,1-3H3,(H,23,28)/t16-/m0/s1. The van der Waals surface area contributed by atoms with Crippen LogP contribution < -0.4 is 19.7 Å². The molecular formula is C22H27N5O4. The number of hydrogen-bond acceptors (Lipinski definition) is 8. The Bertz CT molecular complexity index is 1070. The fraction of sp³-hybridized carbons (Fsp3) is 0.455. The molecule has 0 unspecified atom stereocenters. The lowest BCUT2D eigenvalue weighted by molar-refractivity contribution is -0.125. The van der Waals surface area contributed by atoms with Crippen molar-refractivity contribution >= 4 is 22.8 Å². The minimum atomic E-state index is -0.105. The van der Waals surface area contributed by atoms with Crippen LogP contribution in [0.2, 0.25) is 0 Å². The molecular weight excluding hydrogens is 398 g/mol. The SMILES string of the molecule is COc1ccc(OC)c(CCNC(=O)[C@H]2CCCN(c3ncnc4onc(C)c34)C2)c1. The molecule has 1 amide bonds. The number of methoxy groups -OCH3 is 2. The second kappa shape index (κ2) is 9.20. The van der Waals surface area contributed by atoms with Crippen molar-refractivity contribution in [3.63, 3.8) is 0 Å². The zero-order valence-corrected chi connectivity index (χ0v) is 18.1. The number of amides is 1. The molecule has 9 nitrogen and oxygen atoms in total. The Labute approximate surface area is 180 Å². The van der Waals surface area contributed by atoms with Crippen LogP contribution in [0.5, 0.6) is 11.5 Å². The average molecular weight is 425 g/mol. The van der Waals surface area contributed by atoms with Gasteiger partial charge in [0.25, 0.3) is 5.71 Å². The summed E-state index contributed by atoms with van der Waals surface area (Å²) in [5.74, 6) is 2.29. The molecule has 0 bridgehead atoms. The van der Waals surface area contributed by atoms with Crippen molar-refractivity contribution in [3.05, 3.63) is 35.8 Å². The molecule has 1 aliphatic heterocycles. The maximum atomic E-state index is 12.9. The number of nitrogens with zero attached hydrogens (tertiary/aromatic N) is 4. The lowest BCUT2D eigenvalue weighted by atomic mass is 9.96. The molecule has 1 N–H and O–H groups in total. The first-order chi connectivity index (χ1) is 15.1. The Hall–Kier alpha value is -3.36. The molecule has 0 saturated carbocycles. The zero-order valence-electron chi connectivity index (χ0n) is 18.1. The van der Waals surface area contributed by atoms with Gasteiger partial charge in [0.2, 0.25) is 5.91 Å². The van der Waals surface area contributed by atoms with E-state index >= 15 is 0 Å². The molecule has 0 radical (unpaired) electrons. The van der Waals surface area contributed by atoms with Crippen LogP contribution in [0.3, 0.4) is 0 Å². The van der Waals surface area contributed by atoms with Gasteiger partial charge in [0.05, 0.1) is 25.8 Å². The number of aromatic nitrogens is 3. The highest BCUT2D eigenvalue weighted by Gasteiger charge is 2.28. The van der Waals surface area contributed by atoms with Gasteiger partial charge in [-0.2, -0.15) is 4.98 Å². The summed E-state index contributed by atoms with van der Waals surface area (Å²) in [5, 5.41) is 7.89. The van der Waals surface area contributed by atoms with Crippen molar-refractivity contribution in [2.75, 3.05) is 38.8 Å². The van der Waals surface area contributed by atoms with Crippen molar-refractivity contribution in [1.82, 2.24) is 20.4 Å². The van der Waals surface area contributed by atoms with Crippen LogP contribution in [0.4, 0.5) is 5.82 Å². The number of carbonyl (C=O) groups excluding carboxylic acids is 1. The van der Waals surface area contributed by atoms with E-state index in [-0.39, 0.29) is 11.8 Å². The average Bonchev–Trinajstić information content (AvgIpc) is 3.20.